The first-order chi connectivity index (χ1) is 13.1. The maximum atomic E-state index is 12.0. The summed E-state index contributed by atoms with van der Waals surface area (Å²) in [4.78, 5) is 12.0. The van der Waals surface area contributed by atoms with Crippen molar-refractivity contribution in [3.8, 4) is 23.8 Å². The minimum Gasteiger partial charge on any atom is -0.493 e. The summed E-state index contributed by atoms with van der Waals surface area (Å²) in [6.07, 6.45) is 5.85. The molecule has 0 heterocycles. The van der Waals surface area contributed by atoms with Gasteiger partial charge in [0.1, 0.15) is 12.7 Å². The number of aryl methyl sites for hydroxylation is 1. The van der Waals surface area contributed by atoms with Crippen LogP contribution in [0.25, 0.3) is 0 Å². The van der Waals surface area contributed by atoms with E-state index in [4.69, 9.17) is 15.9 Å². The van der Waals surface area contributed by atoms with Crippen LogP contribution in [0.1, 0.15) is 17.5 Å². The zero-order chi connectivity index (χ0) is 19.5. The molecule has 1 amide bonds. The van der Waals surface area contributed by atoms with E-state index < -0.39 is 6.10 Å². The third kappa shape index (κ3) is 6.69. The highest BCUT2D eigenvalue weighted by atomic mass is 16.5. The molecule has 142 valence electrons. The summed E-state index contributed by atoms with van der Waals surface area (Å²) in [5, 5.41) is 12.8. The smallest absolute Gasteiger partial charge is 0.248 e. The molecule has 0 aliphatic carbocycles. The van der Waals surface area contributed by atoms with Crippen LogP contribution < -0.4 is 14.8 Å². The van der Waals surface area contributed by atoms with E-state index in [0.29, 0.717) is 37.3 Å². The van der Waals surface area contributed by atoms with Crippen molar-refractivity contribution >= 4 is 5.91 Å². The van der Waals surface area contributed by atoms with Crippen LogP contribution in [0.5, 0.6) is 11.5 Å². The van der Waals surface area contributed by atoms with Crippen LogP contribution in [0.15, 0.2) is 48.5 Å². The topological polar surface area (TPSA) is 67.8 Å². The second kappa shape index (κ2) is 10.9. The summed E-state index contributed by atoms with van der Waals surface area (Å²) in [6, 6.07) is 15.3. The van der Waals surface area contributed by atoms with Gasteiger partial charge in [0.25, 0.3) is 0 Å². The zero-order valence-corrected chi connectivity index (χ0v) is 15.5. The SMILES string of the molecule is C#CCOc1ccc(CCNC(=O)[C@@H](O)CCc2ccccc2)cc1OC. The van der Waals surface area contributed by atoms with E-state index in [2.05, 4.69) is 11.2 Å². The number of terminal acetylenes is 1. The van der Waals surface area contributed by atoms with Crippen molar-refractivity contribution in [1.82, 2.24) is 5.32 Å². The lowest BCUT2D eigenvalue weighted by atomic mass is 10.1. The molecule has 0 aliphatic rings. The number of nitrogens with one attached hydrogen (secondary N) is 1. The van der Waals surface area contributed by atoms with Crippen molar-refractivity contribution in [3.63, 3.8) is 0 Å². The standard InChI is InChI=1S/C22H25NO4/c1-3-15-27-20-12-10-18(16-21(20)26-2)13-14-23-22(25)19(24)11-9-17-7-5-4-6-8-17/h1,4-8,10,12,16,19,24H,9,11,13-15H2,2H3,(H,23,25)/t19-/m0/s1. The molecule has 2 N–H and O–H groups in total. The Morgan fingerprint density at radius 2 is 1.93 bits per heavy atom. The Kier molecular flexibility index (Phi) is 8.21. The molecule has 1 atom stereocenters. The Morgan fingerprint density at radius 3 is 2.63 bits per heavy atom. The van der Waals surface area contributed by atoms with Crippen molar-refractivity contribution in [3.05, 3.63) is 59.7 Å². The average Bonchev–Trinajstić information content (AvgIpc) is 2.71. The zero-order valence-electron chi connectivity index (χ0n) is 15.5. The van der Waals surface area contributed by atoms with Crippen molar-refractivity contribution in [2.24, 2.45) is 0 Å². The predicted molar refractivity (Wildman–Crippen MR) is 105 cm³/mol. The number of carbonyl (C=O) groups is 1. The van der Waals surface area contributed by atoms with E-state index in [-0.39, 0.29) is 12.5 Å². The van der Waals surface area contributed by atoms with E-state index in [1.807, 2.05) is 42.5 Å². The molecule has 0 fully saturated rings. The number of methoxy groups -OCH3 is 1. The van der Waals surface area contributed by atoms with Gasteiger partial charge in [-0.15, -0.1) is 6.42 Å². The third-order valence-corrected chi connectivity index (χ3v) is 4.10. The fourth-order valence-electron chi connectivity index (χ4n) is 2.63. The molecule has 0 radical (unpaired) electrons. The van der Waals surface area contributed by atoms with Crippen LogP contribution in [0.2, 0.25) is 0 Å². The molecular formula is C22H25NO4. The summed E-state index contributed by atoms with van der Waals surface area (Å²) < 4.78 is 10.7. The van der Waals surface area contributed by atoms with E-state index >= 15 is 0 Å². The summed E-state index contributed by atoms with van der Waals surface area (Å²) >= 11 is 0. The number of aliphatic hydroxyl groups excluding tert-OH is 1. The molecule has 5 heteroatoms. The fraction of sp³-hybridized carbons (Fsp3) is 0.318. The number of hydrogen-bond acceptors (Lipinski definition) is 4. The highest BCUT2D eigenvalue weighted by Crippen LogP contribution is 2.28. The molecule has 0 aliphatic heterocycles. The lowest BCUT2D eigenvalue weighted by Gasteiger charge is -2.13. The molecule has 0 saturated heterocycles. The first kappa shape index (κ1) is 20.3. The Morgan fingerprint density at radius 1 is 1.15 bits per heavy atom. The van der Waals surface area contributed by atoms with E-state index in [0.717, 1.165) is 11.1 Å². The Bertz CT molecular complexity index is 768. The quantitative estimate of drug-likeness (QED) is 0.633. The van der Waals surface area contributed by atoms with Gasteiger partial charge in [0.15, 0.2) is 11.5 Å². The highest BCUT2D eigenvalue weighted by molar-refractivity contribution is 5.80. The van der Waals surface area contributed by atoms with Crippen molar-refractivity contribution < 1.29 is 19.4 Å². The molecule has 0 spiro atoms. The van der Waals surface area contributed by atoms with Gasteiger partial charge in [-0.1, -0.05) is 42.3 Å². The number of hydrogen-bond donors (Lipinski definition) is 2. The van der Waals surface area contributed by atoms with Gasteiger partial charge >= 0.3 is 0 Å². The molecule has 2 aromatic carbocycles. The van der Waals surface area contributed by atoms with Crippen LogP contribution in [-0.2, 0) is 17.6 Å². The van der Waals surface area contributed by atoms with E-state index in [9.17, 15) is 9.90 Å². The summed E-state index contributed by atoms with van der Waals surface area (Å²) in [5.41, 5.74) is 2.09. The van der Waals surface area contributed by atoms with Gasteiger partial charge < -0.3 is 19.9 Å². The van der Waals surface area contributed by atoms with Crippen molar-refractivity contribution in [2.45, 2.75) is 25.4 Å². The number of ether oxygens (including phenoxy) is 2. The molecular weight excluding hydrogens is 342 g/mol. The van der Waals surface area contributed by atoms with E-state index in [1.165, 1.54) is 0 Å². The van der Waals surface area contributed by atoms with Crippen LogP contribution in [0, 0.1) is 12.3 Å². The van der Waals surface area contributed by atoms with Gasteiger partial charge in [-0.25, -0.2) is 0 Å². The fourth-order valence-corrected chi connectivity index (χ4v) is 2.63. The van der Waals surface area contributed by atoms with Gasteiger partial charge in [0, 0.05) is 6.54 Å². The van der Waals surface area contributed by atoms with Gasteiger partial charge in [-0.2, -0.15) is 0 Å². The van der Waals surface area contributed by atoms with Crippen LogP contribution in [0.3, 0.4) is 0 Å². The Hall–Kier alpha value is -2.97. The van der Waals surface area contributed by atoms with Gasteiger partial charge in [0.05, 0.1) is 7.11 Å². The lowest BCUT2D eigenvalue weighted by molar-refractivity contribution is -0.129. The van der Waals surface area contributed by atoms with Gasteiger partial charge in [-0.3, -0.25) is 4.79 Å². The number of aliphatic hydroxyl groups is 1. The lowest BCUT2D eigenvalue weighted by Crippen LogP contribution is -2.36. The summed E-state index contributed by atoms with van der Waals surface area (Å²) in [6.45, 7) is 0.599. The molecule has 5 nitrogen and oxygen atoms in total. The Labute approximate surface area is 160 Å². The van der Waals surface area contributed by atoms with Crippen LogP contribution in [0.4, 0.5) is 0 Å². The Balaban J connectivity index is 1.77. The number of benzene rings is 2. The summed E-state index contributed by atoms with van der Waals surface area (Å²) in [5.74, 6) is 3.23. The first-order valence-corrected chi connectivity index (χ1v) is 8.87. The molecule has 2 aromatic rings. The minimum absolute atomic E-state index is 0.173. The molecule has 0 bridgehead atoms. The van der Waals surface area contributed by atoms with Crippen LogP contribution in [-0.4, -0.2) is 37.4 Å². The second-order valence-electron chi connectivity index (χ2n) is 6.06. The first-order valence-electron chi connectivity index (χ1n) is 8.87. The normalized spacial score (nSPS) is 11.3. The molecule has 0 saturated carbocycles. The maximum Gasteiger partial charge on any atom is 0.248 e. The van der Waals surface area contributed by atoms with Crippen LogP contribution >= 0.6 is 0 Å². The molecule has 0 aromatic heterocycles. The summed E-state index contributed by atoms with van der Waals surface area (Å²) in [7, 11) is 1.56. The number of rotatable bonds is 10. The van der Waals surface area contributed by atoms with Crippen molar-refractivity contribution in [1.29, 1.82) is 0 Å². The van der Waals surface area contributed by atoms with Crippen molar-refractivity contribution in [2.75, 3.05) is 20.3 Å². The van der Waals surface area contributed by atoms with E-state index in [1.54, 1.807) is 13.2 Å². The monoisotopic (exact) mass is 367 g/mol. The maximum absolute atomic E-state index is 12.0. The highest BCUT2D eigenvalue weighted by Gasteiger charge is 2.14. The molecule has 0 unspecified atom stereocenters. The number of amides is 1. The average molecular weight is 367 g/mol. The van der Waals surface area contributed by atoms with Gasteiger partial charge in [-0.05, 0) is 42.5 Å². The van der Waals surface area contributed by atoms with Gasteiger partial charge in [0.2, 0.25) is 5.91 Å². The number of carbonyl (C=O) groups excluding carboxylic acids is 1. The minimum atomic E-state index is -1.01. The predicted octanol–water partition coefficient (Wildman–Crippen LogP) is 2.36. The second-order valence-corrected chi connectivity index (χ2v) is 6.06. The molecule has 2 rings (SSSR count). The largest absolute Gasteiger partial charge is 0.493 e. The molecule has 27 heavy (non-hydrogen) atoms. The third-order valence-electron chi connectivity index (χ3n) is 4.10.